The molecule has 1 unspecified atom stereocenters. The Morgan fingerprint density at radius 1 is 0.593 bits per heavy atom. The third kappa shape index (κ3) is 14.5. The summed E-state index contributed by atoms with van der Waals surface area (Å²) in [5.41, 5.74) is 6.30. The Morgan fingerprint density at radius 3 is 1.24 bits per heavy atom. The van der Waals surface area contributed by atoms with Crippen molar-refractivity contribution in [3.63, 3.8) is 0 Å². The molecule has 0 fully saturated rings. The maximum absolute atomic E-state index is 12.5. The van der Waals surface area contributed by atoms with Crippen LogP contribution in [-0.4, -0.2) is 37.5 Å². The van der Waals surface area contributed by atoms with Crippen molar-refractivity contribution in [1.29, 1.82) is 0 Å². The fourth-order valence-electron chi connectivity index (χ4n) is 6.08. The molecule has 0 radical (unpaired) electrons. The number of rotatable bonds is 13. The Balaban J connectivity index is 0.000000738. The van der Waals surface area contributed by atoms with Crippen LogP contribution in [-0.2, 0) is 31.2 Å². The molecular weight excluding hydrogens is 737 g/mol. The molecule has 5 N–H and O–H groups in total. The fourth-order valence-corrected chi connectivity index (χ4v) is 6.08. The molecule has 0 aromatic heterocycles. The standard InChI is InChI=1S/C37H56O3.2C6H6O.C3H4O2/c1-15-34(7,8)25-19-27(31(24(6)33(39)40)29(21-25)36(11,12)17-3)23(5)28-20-26(35(9,10)16-2)22-30(32(28)38)37(13,14)18-4;2*7-6-4-2-1-3-5-6;1-2-3(4)5/h19-23,38H,6,15-18H2,1-5,7-14H3,(H,39,40);2*1-5,7H;2H,1H2,(H,4,5). The van der Waals surface area contributed by atoms with Crippen LogP contribution in [0, 0.1) is 0 Å². The monoisotopic (exact) mass is 809 g/mol. The lowest BCUT2D eigenvalue weighted by atomic mass is 9.69. The number of para-hydroxylation sites is 2. The molecule has 4 rings (SSSR count). The van der Waals surface area contributed by atoms with Crippen molar-refractivity contribution in [2.24, 2.45) is 0 Å². The van der Waals surface area contributed by atoms with Crippen LogP contribution >= 0.6 is 0 Å². The van der Waals surface area contributed by atoms with Gasteiger partial charge in [-0.15, -0.1) is 0 Å². The quantitative estimate of drug-likeness (QED) is 0.0849. The second-order valence-electron chi connectivity index (χ2n) is 17.6. The van der Waals surface area contributed by atoms with Gasteiger partial charge in [-0.25, -0.2) is 9.59 Å². The van der Waals surface area contributed by atoms with Gasteiger partial charge in [0.05, 0.1) is 5.57 Å². The lowest BCUT2D eigenvalue weighted by molar-refractivity contribution is -0.132. The first-order valence-corrected chi connectivity index (χ1v) is 20.6. The molecule has 7 nitrogen and oxygen atoms in total. The highest BCUT2D eigenvalue weighted by Crippen LogP contribution is 2.47. The van der Waals surface area contributed by atoms with Gasteiger partial charge in [-0.3, -0.25) is 0 Å². The van der Waals surface area contributed by atoms with Crippen LogP contribution < -0.4 is 0 Å². The summed E-state index contributed by atoms with van der Waals surface area (Å²) in [6.45, 7) is 35.6. The van der Waals surface area contributed by atoms with Crippen molar-refractivity contribution >= 4 is 17.5 Å². The molecule has 7 heteroatoms. The van der Waals surface area contributed by atoms with E-state index in [1.807, 2.05) is 12.1 Å². The van der Waals surface area contributed by atoms with Crippen LogP contribution in [0.15, 0.2) is 104 Å². The molecule has 0 saturated heterocycles. The van der Waals surface area contributed by atoms with Gasteiger partial charge in [-0.05, 0) is 99.4 Å². The summed E-state index contributed by atoms with van der Waals surface area (Å²) in [7, 11) is 0. The number of carboxylic acid groups (broad SMARTS) is 2. The lowest BCUT2D eigenvalue weighted by Gasteiger charge is -2.35. The molecule has 0 amide bonds. The van der Waals surface area contributed by atoms with Crippen LogP contribution in [0.1, 0.15) is 161 Å². The number of carbonyl (C=O) groups is 2. The Kier molecular flexibility index (Phi) is 19.4. The number of phenols is 3. The summed E-state index contributed by atoms with van der Waals surface area (Å²) < 4.78 is 0. The van der Waals surface area contributed by atoms with Gasteiger partial charge >= 0.3 is 11.9 Å². The van der Waals surface area contributed by atoms with Gasteiger partial charge in [-0.2, -0.15) is 0 Å². The number of carboxylic acids is 2. The van der Waals surface area contributed by atoms with Crippen molar-refractivity contribution in [3.05, 3.63) is 143 Å². The molecule has 4 aromatic rings. The highest BCUT2D eigenvalue weighted by atomic mass is 16.4. The summed E-state index contributed by atoms with van der Waals surface area (Å²) in [6.07, 6.45) is 4.50. The largest absolute Gasteiger partial charge is 0.508 e. The minimum atomic E-state index is -1.01. The fraction of sp³-hybridized carbons (Fsp3) is 0.423. The zero-order valence-corrected chi connectivity index (χ0v) is 38.0. The molecule has 0 aliphatic heterocycles. The minimum absolute atomic E-state index is 0.0738. The zero-order chi connectivity index (χ0) is 45.5. The Hall–Kier alpha value is -5.30. The SMILES string of the molecule is C=C(C(=O)O)c1c(C(C)c2cc(C(C)(C)CC)cc(C(C)(C)CC)c2O)cc(C(C)(C)CC)cc1C(C)(C)CC.C=CC(=O)O.Oc1ccccc1.Oc1ccccc1. The van der Waals surface area contributed by atoms with Crippen LogP contribution in [0.4, 0.5) is 0 Å². The minimum Gasteiger partial charge on any atom is -0.508 e. The van der Waals surface area contributed by atoms with Crippen LogP contribution in [0.3, 0.4) is 0 Å². The first kappa shape index (κ1) is 51.7. The third-order valence-electron chi connectivity index (χ3n) is 12.0. The van der Waals surface area contributed by atoms with Crippen LogP contribution in [0.25, 0.3) is 5.57 Å². The Labute approximate surface area is 355 Å². The van der Waals surface area contributed by atoms with Crippen molar-refractivity contribution in [1.82, 2.24) is 0 Å². The summed E-state index contributed by atoms with van der Waals surface area (Å²) in [5, 5.41) is 47.0. The van der Waals surface area contributed by atoms with Gasteiger partial charge in [-0.1, -0.05) is 164 Å². The average molecular weight is 809 g/mol. The molecule has 1 atom stereocenters. The molecule has 0 spiro atoms. The molecule has 0 aliphatic rings. The zero-order valence-electron chi connectivity index (χ0n) is 38.0. The summed E-state index contributed by atoms with van der Waals surface area (Å²) in [4.78, 5) is 21.7. The number of aromatic hydroxyl groups is 3. The van der Waals surface area contributed by atoms with Crippen molar-refractivity contribution in [2.45, 2.75) is 143 Å². The van der Waals surface area contributed by atoms with E-state index in [1.54, 1.807) is 48.5 Å². The molecule has 322 valence electrons. The van der Waals surface area contributed by atoms with E-state index in [1.165, 1.54) is 11.1 Å². The number of aliphatic carboxylic acids is 2. The van der Waals surface area contributed by atoms with Gasteiger partial charge in [0, 0.05) is 23.1 Å². The molecule has 0 saturated carbocycles. The van der Waals surface area contributed by atoms with E-state index in [2.05, 4.69) is 127 Å². The average Bonchev–Trinajstić information content (AvgIpc) is 3.20. The topological polar surface area (TPSA) is 135 Å². The van der Waals surface area contributed by atoms with Gasteiger partial charge < -0.3 is 25.5 Å². The van der Waals surface area contributed by atoms with Crippen molar-refractivity contribution in [2.75, 3.05) is 0 Å². The van der Waals surface area contributed by atoms with Crippen LogP contribution in [0.5, 0.6) is 17.2 Å². The molecule has 0 aliphatic carbocycles. The molecule has 0 heterocycles. The smallest absolute Gasteiger partial charge is 0.335 e. The van der Waals surface area contributed by atoms with E-state index in [0.29, 0.717) is 22.8 Å². The predicted molar refractivity (Wildman–Crippen MR) is 246 cm³/mol. The normalized spacial score (nSPS) is 11.9. The summed E-state index contributed by atoms with van der Waals surface area (Å²) in [5.74, 6) is -1.28. The summed E-state index contributed by atoms with van der Waals surface area (Å²) in [6, 6.07) is 26.2. The first-order valence-electron chi connectivity index (χ1n) is 20.6. The number of benzene rings is 4. The first-order chi connectivity index (χ1) is 27.3. The number of hydrogen-bond donors (Lipinski definition) is 5. The molecular formula is C52H72O7. The summed E-state index contributed by atoms with van der Waals surface area (Å²) >= 11 is 0. The van der Waals surface area contributed by atoms with Gasteiger partial charge in [0.15, 0.2) is 0 Å². The molecule has 0 bridgehead atoms. The van der Waals surface area contributed by atoms with E-state index in [9.17, 15) is 19.8 Å². The molecule has 4 aromatic carbocycles. The molecule has 59 heavy (non-hydrogen) atoms. The Morgan fingerprint density at radius 2 is 0.932 bits per heavy atom. The van der Waals surface area contributed by atoms with E-state index in [-0.39, 0.29) is 33.2 Å². The second-order valence-corrected chi connectivity index (χ2v) is 17.6. The maximum Gasteiger partial charge on any atom is 0.335 e. The van der Waals surface area contributed by atoms with Crippen molar-refractivity contribution < 1.29 is 35.1 Å². The number of phenolic OH excluding ortho intramolecular Hbond substituents is 3. The highest BCUT2D eigenvalue weighted by molar-refractivity contribution is 6.15. The number of hydrogen-bond acceptors (Lipinski definition) is 5. The predicted octanol–water partition coefficient (Wildman–Crippen LogP) is 13.4. The van der Waals surface area contributed by atoms with Gasteiger partial charge in [0.25, 0.3) is 0 Å². The second kappa shape index (κ2) is 22.2. The van der Waals surface area contributed by atoms with E-state index in [0.717, 1.165) is 54.0 Å². The van der Waals surface area contributed by atoms with E-state index < -0.39 is 11.9 Å². The van der Waals surface area contributed by atoms with Gasteiger partial charge in [0.1, 0.15) is 17.2 Å². The van der Waals surface area contributed by atoms with Crippen molar-refractivity contribution in [3.8, 4) is 17.2 Å². The van der Waals surface area contributed by atoms with Gasteiger partial charge in [0.2, 0.25) is 0 Å². The van der Waals surface area contributed by atoms with E-state index in [4.69, 9.17) is 15.3 Å². The maximum atomic E-state index is 12.5. The van der Waals surface area contributed by atoms with E-state index >= 15 is 0 Å². The van der Waals surface area contributed by atoms with Crippen LogP contribution in [0.2, 0.25) is 0 Å². The lowest BCUT2D eigenvalue weighted by Crippen LogP contribution is -2.25. The Bertz CT molecular complexity index is 1950. The third-order valence-corrected chi connectivity index (χ3v) is 12.0. The highest BCUT2D eigenvalue weighted by Gasteiger charge is 2.34.